The van der Waals surface area contributed by atoms with Gasteiger partial charge in [0.1, 0.15) is 0 Å². The summed E-state index contributed by atoms with van der Waals surface area (Å²) in [6.07, 6.45) is 0. The lowest BCUT2D eigenvalue weighted by molar-refractivity contribution is 0.0599. The normalized spacial score (nSPS) is 10.3. The van der Waals surface area contributed by atoms with E-state index in [9.17, 15) is 9.18 Å². The van der Waals surface area contributed by atoms with Crippen molar-refractivity contribution in [3.05, 3.63) is 63.4 Å². The molecule has 1 N–H and O–H groups in total. The number of hydrogen-bond acceptors (Lipinski definition) is 3. The second-order valence-electron chi connectivity index (χ2n) is 4.26. The lowest BCUT2D eigenvalue weighted by atomic mass is 10.1. The Hall–Kier alpha value is -1.78. The molecule has 0 aliphatic rings. The summed E-state index contributed by atoms with van der Waals surface area (Å²) >= 11 is 11.5. The Morgan fingerprint density at radius 1 is 1.24 bits per heavy atom. The van der Waals surface area contributed by atoms with Crippen LogP contribution in [0.1, 0.15) is 15.9 Å². The van der Waals surface area contributed by atoms with Crippen molar-refractivity contribution >= 4 is 34.9 Å². The predicted octanol–water partition coefficient (Wildman–Crippen LogP) is 4.53. The number of nitrogens with one attached hydrogen (secondary N) is 1. The molecule has 0 radical (unpaired) electrons. The first-order valence-corrected chi connectivity index (χ1v) is 6.83. The van der Waals surface area contributed by atoms with Crippen LogP contribution >= 0.6 is 23.2 Å². The molecule has 110 valence electrons. The lowest BCUT2D eigenvalue weighted by Gasteiger charge is -2.11. The number of hydrogen-bond donors (Lipinski definition) is 1. The molecule has 2 aromatic rings. The van der Waals surface area contributed by atoms with Gasteiger partial charge in [0.15, 0.2) is 5.82 Å². The summed E-state index contributed by atoms with van der Waals surface area (Å²) < 4.78 is 18.1. The maximum absolute atomic E-state index is 13.3. The van der Waals surface area contributed by atoms with Crippen LogP contribution in [-0.4, -0.2) is 13.1 Å². The number of benzene rings is 2. The molecule has 3 nitrogen and oxygen atoms in total. The van der Waals surface area contributed by atoms with Crippen molar-refractivity contribution in [2.24, 2.45) is 0 Å². The van der Waals surface area contributed by atoms with Crippen LogP contribution in [0.2, 0.25) is 10.0 Å². The molecule has 0 aliphatic heterocycles. The summed E-state index contributed by atoms with van der Waals surface area (Å²) in [6, 6.07) is 9.90. The van der Waals surface area contributed by atoms with Gasteiger partial charge in [0.25, 0.3) is 0 Å². The molecule has 0 amide bonds. The largest absolute Gasteiger partial charge is 0.465 e. The number of carbonyl (C=O) groups is 1. The Labute approximate surface area is 131 Å². The van der Waals surface area contributed by atoms with Crippen LogP contribution in [0.4, 0.5) is 10.1 Å². The molecule has 0 aliphatic carbocycles. The topological polar surface area (TPSA) is 38.3 Å². The van der Waals surface area contributed by atoms with Crippen molar-refractivity contribution in [3.8, 4) is 0 Å². The fourth-order valence-corrected chi connectivity index (χ4v) is 2.33. The zero-order chi connectivity index (χ0) is 15.4. The number of ether oxygens (including phenoxy) is 1. The number of halogens is 3. The number of methoxy groups -OCH3 is 1. The molecule has 0 atom stereocenters. The average Bonchev–Trinajstić information content (AvgIpc) is 2.50. The molecule has 0 aromatic heterocycles. The summed E-state index contributed by atoms with van der Waals surface area (Å²) in [5.74, 6) is -1.07. The van der Waals surface area contributed by atoms with Crippen molar-refractivity contribution in [2.45, 2.75) is 6.54 Å². The van der Waals surface area contributed by atoms with Gasteiger partial charge in [-0.1, -0.05) is 41.4 Å². The SMILES string of the molecule is COC(=O)c1ccccc1CNc1cc(Cl)c(F)c(Cl)c1. The number of esters is 1. The van der Waals surface area contributed by atoms with Gasteiger partial charge in [0.05, 0.1) is 22.7 Å². The predicted molar refractivity (Wildman–Crippen MR) is 81.5 cm³/mol. The minimum absolute atomic E-state index is 0.0637. The molecule has 2 rings (SSSR count). The quantitative estimate of drug-likeness (QED) is 0.662. The van der Waals surface area contributed by atoms with Gasteiger partial charge in [0.2, 0.25) is 0 Å². The molecule has 0 fully saturated rings. The second kappa shape index (κ2) is 6.78. The van der Waals surface area contributed by atoms with Crippen molar-refractivity contribution in [3.63, 3.8) is 0 Å². The van der Waals surface area contributed by atoms with E-state index >= 15 is 0 Å². The first-order valence-electron chi connectivity index (χ1n) is 6.07. The van der Waals surface area contributed by atoms with E-state index in [-0.39, 0.29) is 10.0 Å². The fraction of sp³-hybridized carbons (Fsp3) is 0.133. The molecule has 6 heteroatoms. The third-order valence-corrected chi connectivity index (χ3v) is 3.44. The van der Waals surface area contributed by atoms with Gasteiger partial charge >= 0.3 is 5.97 Å². The molecular formula is C15H12Cl2FNO2. The van der Waals surface area contributed by atoms with Gasteiger partial charge in [0, 0.05) is 12.2 Å². The Morgan fingerprint density at radius 3 is 2.48 bits per heavy atom. The highest BCUT2D eigenvalue weighted by atomic mass is 35.5. The van der Waals surface area contributed by atoms with E-state index in [0.717, 1.165) is 5.56 Å². The first kappa shape index (κ1) is 15.6. The molecule has 0 saturated heterocycles. The van der Waals surface area contributed by atoms with E-state index in [2.05, 4.69) is 5.32 Å². The number of rotatable bonds is 4. The van der Waals surface area contributed by atoms with Crippen LogP contribution in [0.3, 0.4) is 0 Å². The first-order chi connectivity index (χ1) is 10.0. The van der Waals surface area contributed by atoms with Crippen LogP contribution in [0.25, 0.3) is 0 Å². The molecule has 0 bridgehead atoms. The lowest BCUT2D eigenvalue weighted by Crippen LogP contribution is -2.09. The smallest absolute Gasteiger partial charge is 0.338 e. The Morgan fingerprint density at radius 2 is 1.86 bits per heavy atom. The van der Waals surface area contributed by atoms with E-state index in [1.54, 1.807) is 18.2 Å². The fourth-order valence-electron chi connectivity index (χ4n) is 1.84. The molecule has 2 aromatic carbocycles. The Kier molecular flexibility index (Phi) is 5.04. The van der Waals surface area contributed by atoms with Gasteiger partial charge in [-0.2, -0.15) is 0 Å². The molecule has 0 heterocycles. The van der Waals surface area contributed by atoms with E-state index in [4.69, 9.17) is 27.9 Å². The summed E-state index contributed by atoms with van der Waals surface area (Å²) in [5.41, 5.74) is 1.78. The Balaban J connectivity index is 2.19. The summed E-state index contributed by atoms with van der Waals surface area (Å²) in [4.78, 5) is 11.7. The minimum atomic E-state index is -0.654. The zero-order valence-electron chi connectivity index (χ0n) is 11.1. The molecule has 21 heavy (non-hydrogen) atoms. The highest BCUT2D eigenvalue weighted by molar-refractivity contribution is 6.35. The zero-order valence-corrected chi connectivity index (χ0v) is 12.6. The minimum Gasteiger partial charge on any atom is -0.465 e. The summed E-state index contributed by atoms with van der Waals surface area (Å²) in [7, 11) is 1.33. The summed E-state index contributed by atoms with van der Waals surface area (Å²) in [5, 5.41) is 2.92. The van der Waals surface area contributed by atoms with Crippen LogP contribution in [0.5, 0.6) is 0 Å². The third kappa shape index (κ3) is 3.65. The van der Waals surface area contributed by atoms with Crippen LogP contribution in [-0.2, 0) is 11.3 Å². The Bertz CT molecular complexity index is 653. The molecule has 0 unspecified atom stereocenters. The van der Waals surface area contributed by atoms with E-state index < -0.39 is 11.8 Å². The van der Waals surface area contributed by atoms with Crippen molar-refractivity contribution in [1.82, 2.24) is 0 Å². The van der Waals surface area contributed by atoms with E-state index in [1.165, 1.54) is 19.2 Å². The van der Waals surface area contributed by atoms with Crippen molar-refractivity contribution < 1.29 is 13.9 Å². The molecule has 0 saturated carbocycles. The molecule has 0 spiro atoms. The highest BCUT2D eigenvalue weighted by Gasteiger charge is 2.11. The second-order valence-corrected chi connectivity index (χ2v) is 5.07. The summed E-state index contributed by atoms with van der Waals surface area (Å²) in [6.45, 7) is 0.351. The van der Waals surface area contributed by atoms with Crippen LogP contribution in [0.15, 0.2) is 36.4 Å². The standard InChI is InChI=1S/C15H12Cl2FNO2/c1-21-15(20)11-5-3-2-4-9(11)8-19-10-6-12(16)14(18)13(17)7-10/h2-7,19H,8H2,1H3. The van der Waals surface area contributed by atoms with Gasteiger partial charge in [-0.25, -0.2) is 9.18 Å². The van der Waals surface area contributed by atoms with Crippen molar-refractivity contribution in [1.29, 1.82) is 0 Å². The number of carbonyl (C=O) groups excluding carboxylic acids is 1. The number of anilines is 1. The van der Waals surface area contributed by atoms with Gasteiger partial charge in [-0.3, -0.25) is 0 Å². The highest BCUT2D eigenvalue weighted by Crippen LogP contribution is 2.27. The van der Waals surface area contributed by atoms with Crippen molar-refractivity contribution in [2.75, 3.05) is 12.4 Å². The van der Waals surface area contributed by atoms with E-state index in [0.29, 0.717) is 17.8 Å². The van der Waals surface area contributed by atoms with Gasteiger partial charge < -0.3 is 10.1 Å². The molecular weight excluding hydrogens is 316 g/mol. The van der Waals surface area contributed by atoms with Crippen LogP contribution < -0.4 is 5.32 Å². The monoisotopic (exact) mass is 327 g/mol. The maximum atomic E-state index is 13.3. The van der Waals surface area contributed by atoms with Gasteiger partial charge in [-0.05, 0) is 23.8 Å². The van der Waals surface area contributed by atoms with Crippen LogP contribution in [0, 0.1) is 5.82 Å². The third-order valence-electron chi connectivity index (χ3n) is 2.89. The van der Waals surface area contributed by atoms with E-state index in [1.807, 2.05) is 6.07 Å². The average molecular weight is 328 g/mol. The van der Waals surface area contributed by atoms with Gasteiger partial charge in [-0.15, -0.1) is 0 Å². The maximum Gasteiger partial charge on any atom is 0.338 e.